The number of hydrogen-bond donors (Lipinski definition) is 3. The Morgan fingerprint density at radius 2 is 2.22 bits per heavy atom. The molecule has 2 heterocycles. The van der Waals surface area contributed by atoms with E-state index in [1.54, 1.807) is 19.2 Å². The second-order valence-electron chi connectivity index (χ2n) is 6.07. The summed E-state index contributed by atoms with van der Waals surface area (Å²) in [4.78, 5) is 39.9. The van der Waals surface area contributed by atoms with Gasteiger partial charge in [0.15, 0.2) is 5.65 Å². The molecule has 2 aromatic rings. The van der Waals surface area contributed by atoms with E-state index in [1.807, 2.05) is 0 Å². The van der Waals surface area contributed by atoms with Crippen molar-refractivity contribution in [2.75, 3.05) is 0 Å². The fourth-order valence-electron chi connectivity index (χ4n) is 3.05. The van der Waals surface area contributed by atoms with Gasteiger partial charge in [-0.1, -0.05) is 0 Å². The Hall–Kier alpha value is -2.64. The molecule has 1 fully saturated rings. The number of aromatic amines is 1. The molecule has 122 valence electrons. The molecule has 0 saturated heterocycles. The van der Waals surface area contributed by atoms with E-state index in [9.17, 15) is 14.4 Å². The van der Waals surface area contributed by atoms with Gasteiger partial charge in [-0.05, 0) is 26.2 Å². The second-order valence-corrected chi connectivity index (χ2v) is 6.07. The maximum absolute atomic E-state index is 12.4. The van der Waals surface area contributed by atoms with Crippen LogP contribution in [0, 0.1) is 6.92 Å². The van der Waals surface area contributed by atoms with Gasteiger partial charge in [0.2, 0.25) is 5.91 Å². The molecule has 0 aliphatic heterocycles. The molecule has 3 rings (SSSR count). The zero-order chi connectivity index (χ0) is 16.6. The molecule has 23 heavy (non-hydrogen) atoms. The van der Waals surface area contributed by atoms with Crippen molar-refractivity contribution >= 4 is 17.5 Å². The van der Waals surface area contributed by atoms with Crippen LogP contribution >= 0.6 is 0 Å². The maximum atomic E-state index is 12.4. The first-order valence-corrected chi connectivity index (χ1v) is 7.49. The summed E-state index contributed by atoms with van der Waals surface area (Å²) in [5.74, 6) is -1.28. The Bertz CT molecular complexity index is 832. The van der Waals surface area contributed by atoms with Crippen molar-refractivity contribution < 1.29 is 14.7 Å². The lowest BCUT2D eigenvalue weighted by molar-refractivity contribution is -0.140. The Labute approximate surface area is 131 Å². The number of nitrogens with one attached hydrogen (secondary N) is 2. The molecule has 8 nitrogen and oxygen atoms in total. The van der Waals surface area contributed by atoms with Gasteiger partial charge in [0.05, 0.1) is 18.4 Å². The quantitative estimate of drug-likeness (QED) is 0.737. The third-order valence-corrected chi connectivity index (χ3v) is 4.39. The molecule has 8 heteroatoms. The van der Waals surface area contributed by atoms with Gasteiger partial charge in [-0.25, -0.2) is 9.50 Å². The van der Waals surface area contributed by atoms with Crippen molar-refractivity contribution in [3.63, 3.8) is 0 Å². The number of rotatable bonds is 5. The minimum Gasteiger partial charge on any atom is -0.481 e. The van der Waals surface area contributed by atoms with Crippen LogP contribution in [0.3, 0.4) is 0 Å². The molecule has 0 aromatic carbocycles. The van der Waals surface area contributed by atoms with E-state index in [-0.39, 0.29) is 24.3 Å². The number of aryl methyl sites for hydroxylation is 1. The zero-order valence-corrected chi connectivity index (χ0v) is 12.8. The van der Waals surface area contributed by atoms with Crippen molar-refractivity contribution in [1.29, 1.82) is 0 Å². The highest BCUT2D eigenvalue weighted by Gasteiger charge is 2.40. The summed E-state index contributed by atoms with van der Waals surface area (Å²) in [5, 5.41) is 14.5. The second kappa shape index (κ2) is 5.53. The van der Waals surface area contributed by atoms with Gasteiger partial charge < -0.3 is 10.4 Å². The highest BCUT2D eigenvalue weighted by atomic mass is 16.4. The predicted molar refractivity (Wildman–Crippen MR) is 81.2 cm³/mol. The number of H-pyrrole nitrogens is 1. The number of carboxylic acid groups (broad SMARTS) is 1. The molecule has 1 amide bonds. The van der Waals surface area contributed by atoms with Gasteiger partial charge in [-0.3, -0.25) is 19.5 Å². The van der Waals surface area contributed by atoms with Crippen LogP contribution in [0.4, 0.5) is 0 Å². The van der Waals surface area contributed by atoms with Gasteiger partial charge in [-0.2, -0.15) is 0 Å². The van der Waals surface area contributed by atoms with Gasteiger partial charge >= 0.3 is 5.97 Å². The number of fused-ring (bicyclic) bond motifs is 1. The number of carboxylic acids is 1. The standard InChI is InChI=1S/C15H18N4O4/c1-9-10(14(23)19-11(17-9)3-6-16-19)7-12(20)18-15(4-2-5-15)8-13(21)22/h3,6,16H,2,4-5,7-8H2,1H3,(H,18,20)(H,21,22). The largest absolute Gasteiger partial charge is 0.481 e. The number of amides is 1. The molecular weight excluding hydrogens is 300 g/mol. The Kier molecular flexibility index (Phi) is 3.67. The lowest BCUT2D eigenvalue weighted by Crippen LogP contribution is -2.55. The predicted octanol–water partition coefficient (Wildman–Crippen LogP) is 0.387. The van der Waals surface area contributed by atoms with Crippen LogP contribution in [0.5, 0.6) is 0 Å². The summed E-state index contributed by atoms with van der Waals surface area (Å²) in [7, 11) is 0. The number of aliphatic carboxylic acids is 1. The fraction of sp³-hybridized carbons (Fsp3) is 0.467. The fourth-order valence-corrected chi connectivity index (χ4v) is 3.05. The molecule has 0 unspecified atom stereocenters. The number of carbonyl (C=O) groups is 2. The molecule has 1 saturated carbocycles. The van der Waals surface area contributed by atoms with Crippen molar-refractivity contribution in [2.24, 2.45) is 0 Å². The summed E-state index contributed by atoms with van der Waals surface area (Å²) in [6.07, 6.45) is 3.59. The summed E-state index contributed by atoms with van der Waals surface area (Å²) in [6.45, 7) is 1.69. The van der Waals surface area contributed by atoms with Crippen molar-refractivity contribution in [3.8, 4) is 0 Å². The Balaban J connectivity index is 1.80. The van der Waals surface area contributed by atoms with E-state index in [0.717, 1.165) is 6.42 Å². The summed E-state index contributed by atoms with van der Waals surface area (Å²) < 4.78 is 1.28. The Morgan fingerprint density at radius 1 is 1.48 bits per heavy atom. The molecule has 0 atom stereocenters. The average Bonchev–Trinajstić information content (AvgIpc) is 2.88. The van der Waals surface area contributed by atoms with Gasteiger partial charge in [0, 0.05) is 23.5 Å². The number of hydrogen-bond acceptors (Lipinski definition) is 4. The monoisotopic (exact) mass is 318 g/mol. The van der Waals surface area contributed by atoms with Crippen molar-refractivity contribution in [1.82, 2.24) is 19.9 Å². The number of carbonyl (C=O) groups excluding carboxylic acids is 1. The summed E-state index contributed by atoms with van der Waals surface area (Å²) in [6, 6.07) is 1.68. The molecule has 0 bridgehead atoms. The lowest BCUT2D eigenvalue weighted by atomic mass is 9.74. The van der Waals surface area contributed by atoms with Crippen LogP contribution in [0.25, 0.3) is 5.65 Å². The molecular formula is C15H18N4O4. The van der Waals surface area contributed by atoms with E-state index in [2.05, 4.69) is 15.4 Å². The van der Waals surface area contributed by atoms with E-state index < -0.39 is 11.5 Å². The van der Waals surface area contributed by atoms with E-state index >= 15 is 0 Å². The molecule has 0 spiro atoms. The lowest BCUT2D eigenvalue weighted by Gasteiger charge is -2.41. The molecule has 2 aromatic heterocycles. The third kappa shape index (κ3) is 2.84. The van der Waals surface area contributed by atoms with E-state index in [4.69, 9.17) is 5.11 Å². The minimum absolute atomic E-state index is 0.0926. The smallest absolute Gasteiger partial charge is 0.305 e. The van der Waals surface area contributed by atoms with Gasteiger partial charge in [-0.15, -0.1) is 0 Å². The van der Waals surface area contributed by atoms with Crippen LogP contribution in [-0.2, 0) is 16.0 Å². The first-order valence-electron chi connectivity index (χ1n) is 7.49. The molecule has 0 radical (unpaired) electrons. The van der Waals surface area contributed by atoms with Crippen LogP contribution < -0.4 is 10.9 Å². The van der Waals surface area contributed by atoms with Crippen LogP contribution in [-0.4, -0.2) is 37.1 Å². The number of aromatic nitrogens is 3. The van der Waals surface area contributed by atoms with Gasteiger partial charge in [0.25, 0.3) is 5.56 Å². The SMILES string of the molecule is Cc1nc2cc[nH]n2c(=O)c1CC(=O)NC1(CC(=O)O)CCC1. The van der Waals surface area contributed by atoms with Crippen LogP contribution in [0.2, 0.25) is 0 Å². The first-order chi connectivity index (χ1) is 10.9. The Morgan fingerprint density at radius 3 is 2.83 bits per heavy atom. The van der Waals surface area contributed by atoms with E-state index in [1.165, 1.54) is 4.52 Å². The zero-order valence-electron chi connectivity index (χ0n) is 12.8. The van der Waals surface area contributed by atoms with Gasteiger partial charge in [0.1, 0.15) is 0 Å². The number of nitrogens with zero attached hydrogens (tertiary/aromatic N) is 2. The molecule has 3 N–H and O–H groups in total. The topological polar surface area (TPSA) is 117 Å². The summed E-state index contributed by atoms with van der Waals surface area (Å²) >= 11 is 0. The van der Waals surface area contributed by atoms with Crippen LogP contribution in [0.1, 0.15) is 36.9 Å². The normalized spacial score (nSPS) is 16.0. The van der Waals surface area contributed by atoms with Crippen molar-refractivity contribution in [3.05, 3.63) is 33.9 Å². The maximum Gasteiger partial charge on any atom is 0.305 e. The highest BCUT2D eigenvalue weighted by Crippen LogP contribution is 2.34. The van der Waals surface area contributed by atoms with Crippen LogP contribution in [0.15, 0.2) is 17.1 Å². The third-order valence-electron chi connectivity index (χ3n) is 4.39. The van der Waals surface area contributed by atoms with Crippen molar-refractivity contribution in [2.45, 2.75) is 44.6 Å². The highest BCUT2D eigenvalue weighted by molar-refractivity contribution is 5.81. The minimum atomic E-state index is -0.935. The average molecular weight is 318 g/mol. The molecule has 1 aliphatic carbocycles. The summed E-state index contributed by atoms with van der Waals surface area (Å²) in [5.41, 5.74) is 0.334. The first kappa shape index (κ1) is 15.3. The molecule has 1 aliphatic rings. The van der Waals surface area contributed by atoms with E-state index in [0.29, 0.717) is 29.7 Å².